The van der Waals surface area contributed by atoms with Crippen LogP contribution >= 0.6 is 0 Å². The van der Waals surface area contributed by atoms with Crippen molar-refractivity contribution < 1.29 is 3.83 Å². The summed E-state index contributed by atoms with van der Waals surface area (Å²) in [6, 6.07) is 0. The monoisotopic (exact) mass is 153 g/mol. The molecule has 0 saturated carbocycles. The molecule has 2 heteroatoms. The molecule has 0 aromatic rings. The van der Waals surface area contributed by atoms with Gasteiger partial charge in [0.15, 0.2) is 0 Å². The first kappa shape index (κ1) is 6.32. The Morgan fingerprint density at radius 1 is 1.67 bits per heavy atom. The maximum absolute atomic E-state index is 9.75. The Bertz CT molecular complexity index is 36.5. The van der Waals surface area contributed by atoms with Crippen molar-refractivity contribution in [1.82, 2.24) is 0 Å². The molecule has 0 heterocycles. The summed E-state index contributed by atoms with van der Waals surface area (Å²) < 4.78 is 9.75. The van der Waals surface area contributed by atoms with Gasteiger partial charge >= 0.3 is 43.8 Å². The molecular formula is C4H9OSe. The van der Waals surface area contributed by atoms with E-state index in [0.29, 0.717) is 0 Å². The van der Waals surface area contributed by atoms with Crippen molar-refractivity contribution in [2.24, 2.45) is 0 Å². The average Bonchev–Trinajstić information content (AvgIpc) is 1.61. The van der Waals surface area contributed by atoms with Crippen molar-refractivity contribution in [3.63, 3.8) is 0 Å². The van der Waals surface area contributed by atoms with Gasteiger partial charge in [-0.25, -0.2) is 0 Å². The van der Waals surface area contributed by atoms with Crippen LogP contribution in [-0.2, 0) is 3.83 Å². The molecule has 37 valence electrons. The molecule has 0 atom stereocenters. The molecule has 0 unspecified atom stereocenters. The van der Waals surface area contributed by atoms with E-state index in [2.05, 4.69) is 6.92 Å². The summed E-state index contributed by atoms with van der Waals surface area (Å²) in [5, 5.41) is 0.920. The van der Waals surface area contributed by atoms with Crippen LogP contribution in [0.2, 0.25) is 5.32 Å². The first-order chi connectivity index (χ1) is 2.91. The Hall–Kier alpha value is 0.319. The Morgan fingerprint density at radius 2 is 2.33 bits per heavy atom. The fourth-order valence-corrected chi connectivity index (χ4v) is 1.06. The van der Waals surface area contributed by atoms with Gasteiger partial charge in [-0.2, -0.15) is 0 Å². The zero-order valence-corrected chi connectivity index (χ0v) is 5.65. The van der Waals surface area contributed by atoms with Gasteiger partial charge in [0.05, 0.1) is 0 Å². The number of rotatable bonds is 3. The van der Waals surface area contributed by atoms with Crippen molar-refractivity contribution in [2.75, 3.05) is 0 Å². The molecule has 6 heavy (non-hydrogen) atoms. The zero-order valence-electron chi connectivity index (χ0n) is 3.94. The first-order valence-electron chi connectivity index (χ1n) is 2.16. The number of hydrogen-bond acceptors (Lipinski definition) is 1. The Labute approximate surface area is 44.5 Å². The zero-order chi connectivity index (χ0) is 4.83. The van der Waals surface area contributed by atoms with E-state index in [0.717, 1.165) is 11.7 Å². The van der Waals surface area contributed by atoms with E-state index >= 15 is 0 Å². The van der Waals surface area contributed by atoms with Crippen LogP contribution in [0, 0.1) is 0 Å². The average molecular weight is 152 g/mol. The molecule has 0 N–H and O–H groups in total. The van der Waals surface area contributed by atoms with Crippen LogP contribution in [0.4, 0.5) is 0 Å². The first-order valence-corrected chi connectivity index (χ1v) is 4.07. The summed E-state index contributed by atoms with van der Waals surface area (Å²) in [5.41, 5.74) is 0. The van der Waals surface area contributed by atoms with Gasteiger partial charge in [-0.05, 0) is 0 Å². The molecule has 0 bridgehead atoms. The van der Waals surface area contributed by atoms with Crippen LogP contribution in [0.5, 0.6) is 0 Å². The van der Waals surface area contributed by atoms with Crippen LogP contribution < -0.4 is 0 Å². The molecule has 0 aliphatic rings. The van der Waals surface area contributed by atoms with Crippen LogP contribution in [0.1, 0.15) is 19.8 Å². The van der Waals surface area contributed by atoms with Gasteiger partial charge in [0.2, 0.25) is 0 Å². The van der Waals surface area contributed by atoms with Gasteiger partial charge in [-0.1, -0.05) is 0 Å². The fourth-order valence-electron chi connectivity index (χ4n) is 0.203. The normalized spacial score (nSPS) is 8.17. The van der Waals surface area contributed by atoms with E-state index in [-0.39, 0.29) is 14.9 Å². The van der Waals surface area contributed by atoms with Gasteiger partial charge < -0.3 is 0 Å². The minimum atomic E-state index is -0.323. The third-order valence-electron chi connectivity index (χ3n) is 0.581. The van der Waals surface area contributed by atoms with Crippen molar-refractivity contribution >= 4 is 14.9 Å². The topological polar surface area (TPSA) is 17.1 Å². The SMILES string of the molecule is CCCC[Se]=O. The second kappa shape index (κ2) is 5.32. The summed E-state index contributed by atoms with van der Waals surface area (Å²) in [6.07, 6.45) is 2.30. The molecule has 0 amide bonds. The van der Waals surface area contributed by atoms with Crippen molar-refractivity contribution in [2.45, 2.75) is 25.1 Å². The number of hydrogen-bond donors (Lipinski definition) is 0. The molecule has 0 aromatic carbocycles. The third-order valence-corrected chi connectivity index (χ3v) is 1.54. The summed E-state index contributed by atoms with van der Waals surface area (Å²) in [6.45, 7) is 2.10. The molecule has 0 fully saturated rings. The quantitative estimate of drug-likeness (QED) is 0.439. The second-order valence-corrected chi connectivity index (χ2v) is 2.53. The van der Waals surface area contributed by atoms with E-state index in [1.165, 1.54) is 6.42 Å². The van der Waals surface area contributed by atoms with E-state index in [1.807, 2.05) is 0 Å². The van der Waals surface area contributed by atoms with Crippen molar-refractivity contribution in [3.05, 3.63) is 0 Å². The van der Waals surface area contributed by atoms with Gasteiger partial charge in [0.1, 0.15) is 0 Å². The predicted molar refractivity (Wildman–Crippen MR) is 26.2 cm³/mol. The number of unbranched alkanes of at least 4 members (excludes halogenated alkanes) is 1. The van der Waals surface area contributed by atoms with E-state index in [4.69, 9.17) is 0 Å². The van der Waals surface area contributed by atoms with E-state index in [1.54, 1.807) is 0 Å². The van der Waals surface area contributed by atoms with Crippen molar-refractivity contribution in [1.29, 1.82) is 0 Å². The molecule has 0 spiro atoms. The molecule has 0 rings (SSSR count). The maximum atomic E-state index is 9.75. The molecule has 0 saturated heterocycles. The molecular weight excluding hydrogens is 143 g/mol. The van der Waals surface area contributed by atoms with Gasteiger partial charge in [0, 0.05) is 0 Å². The van der Waals surface area contributed by atoms with Crippen LogP contribution in [0.15, 0.2) is 0 Å². The summed E-state index contributed by atoms with van der Waals surface area (Å²) in [7, 11) is 0. The summed E-state index contributed by atoms with van der Waals surface area (Å²) in [4.78, 5) is 0. The van der Waals surface area contributed by atoms with Gasteiger partial charge in [0.25, 0.3) is 0 Å². The Balaban J connectivity index is 2.49. The Kier molecular flexibility index (Phi) is 5.60. The summed E-state index contributed by atoms with van der Waals surface area (Å²) >= 11 is -0.323. The van der Waals surface area contributed by atoms with E-state index in [9.17, 15) is 3.83 Å². The van der Waals surface area contributed by atoms with Crippen LogP contribution in [0.3, 0.4) is 0 Å². The van der Waals surface area contributed by atoms with Crippen LogP contribution in [-0.4, -0.2) is 14.9 Å². The molecule has 0 aliphatic carbocycles. The molecule has 0 aliphatic heterocycles. The third kappa shape index (κ3) is 4.32. The standard InChI is InChI=1S/C4H9OSe/c1-2-3-4-6-5/h2-4H2,1H3. The van der Waals surface area contributed by atoms with Gasteiger partial charge in [-0.15, -0.1) is 0 Å². The Morgan fingerprint density at radius 3 is 2.50 bits per heavy atom. The van der Waals surface area contributed by atoms with Crippen LogP contribution in [0.25, 0.3) is 0 Å². The minimum absolute atomic E-state index is 0.323. The summed E-state index contributed by atoms with van der Waals surface area (Å²) in [5.74, 6) is 0. The van der Waals surface area contributed by atoms with Crippen molar-refractivity contribution in [3.8, 4) is 0 Å². The molecule has 0 aromatic heterocycles. The second-order valence-electron chi connectivity index (χ2n) is 1.18. The molecule has 1 nitrogen and oxygen atoms in total. The fraction of sp³-hybridized carbons (Fsp3) is 1.00. The van der Waals surface area contributed by atoms with Gasteiger partial charge in [-0.3, -0.25) is 0 Å². The predicted octanol–water partition coefficient (Wildman–Crippen LogP) is 1.25. The molecule has 1 radical (unpaired) electrons. The van der Waals surface area contributed by atoms with E-state index < -0.39 is 0 Å².